The van der Waals surface area contributed by atoms with Crippen molar-refractivity contribution in [1.29, 1.82) is 0 Å². The lowest BCUT2D eigenvalue weighted by atomic mass is 10.2. The van der Waals surface area contributed by atoms with E-state index in [-0.39, 0.29) is 11.8 Å². The van der Waals surface area contributed by atoms with Crippen molar-refractivity contribution in [3.05, 3.63) is 50.6 Å². The van der Waals surface area contributed by atoms with Crippen molar-refractivity contribution in [2.45, 2.75) is 6.92 Å². The zero-order valence-electron chi connectivity index (χ0n) is 11.2. The Balaban J connectivity index is 1.90. The number of thiophene rings is 1. The lowest BCUT2D eigenvalue weighted by molar-refractivity contribution is 0.0849. The number of carbonyl (C=O) groups is 2. The van der Waals surface area contributed by atoms with Gasteiger partial charge >= 0.3 is 0 Å². The monoisotopic (exact) mass is 368 g/mol. The van der Waals surface area contributed by atoms with E-state index < -0.39 is 0 Å². The molecule has 2 rings (SSSR count). The van der Waals surface area contributed by atoms with Gasteiger partial charge in [0.2, 0.25) is 0 Å². The molecule has 7 heteroatoms. The lowest BCUT2D eigenvalue weighted by Gasteiger charge is -2.07. The Labute approximate surface area is 134 Å². The Morgan fingerprint density at radius 3 is 2.33 bits per heavy atom. The van der Waals surface area contributed by atoms with Gasteiger partial charge in [0, 0.05) is 5.56 Å². The van der Waals surface area contributed by atoms with Crippen molar-refractivity contribution < 1.29 is 14.3 Å². The molecule has 5 nitrogen and oxygen atoms in total. The summed E-state index contributed by atoms with van der Waals surface area (Å²) >= 11 is 4.56. The van der Waals surface area contributed by atoms with E-state index in [2.05, 4.69) is 26.8 Å². The number of hydrogen-bond acceptors (Lipinski definition) is 4. The van der Waals surface area contributed by atoms with Crippen LogP contribution in [0.3, 0.4) is 0 Å². The number of benzene rings is 1. The van der Waals surface area contributed by atoms with E-state index in [9.17, 15) is 9.59 Å². The highest BCUT2D eigenvalue weighted by molar-refractivity contribution is 9.11. The third-order valence-corrected chi connectivity index (χ3v) is 4.14. The highest BCUT2D eigenvalue weighted by atomic mass is 79.9. The fourth-order valence-corrected chi connectivity index (χ4v) is 2.83. The number of nitrogens with one attached hydrogen (secondary N) is 2. The summed E-state index contributed by atoms with van der Waals surface area (Å²) in [6, 6.07) is 10.1. The maximum absolute atomic E-state index is 11.9. The summed E-state index contributed by atoms with van der Waals surface area (Å²) in [5.74, 6) is -0.0477. The van der Waals surface area contributed by atoms with Crippen LogP contribution < -0.4 is 15.6 Å². The number of carbonyl (C=O) groups excluding carboxylic acids is 2. The van der Waals surface area contributed by atoms with Crippen LogP contribution in [0.25, 0.3) is 0 Å². The molecule has 0 aliphatic rings. The number of amides is 2. The average Bonchev–Trinajstić information content (AvgIpc) is 2.92. The quantitative estimate of drug-likeness (QED) is 0.815. The molecule has 1 aromatic heterocycles. The minimum absolute atomic E-state index is 0.356. The molecule has 0 saturated carbocycles. The van der Waals surface area contributed by atoms with E-state index in [1.165, 1.54) is 11.3 Å². The first-order valence-corrected chi connectivity index (χ1v) is 7.80. The molecule has 0 saturated heterocycles. The molecule has 0 aliphatic carbocycles. The first-order valence-electron chi connectivity index (χ1n) is 6.19. The van der Waals surface area contributed by atoms with Gasteiger partial charge in [-0.15, -0.1) is 11.3 Å². The topological polar surface area (TPSA) is 67.4 Å². The molecule has 1 aromatic carbocycles. The van der Waals surface area contributed by atoms with Crippen LogP contribution in [0.5, 0.6) is 5.75 Å². The molecule has 2 N–H and O–H groups in total. The summed E-state index contributed by atoms with van der Waals surface area (Å²) in [6.07, 6.45) is 0. The van der Waals surface area contributed by atoms with Gasteiger partial charge < -0.3 is 4.74 Å². The van der Waals surface area contributed by atoms with Gasteiger partial charge in [-0.25, -0.2) is 0 Å². The first kappa shape index (κ1) is 15.5. The highest BCUT2D eigenvalue weighted by Crippen LogP contribution is 2.21. The van der Waals surface area contributed by atoms with E-state index >= 15 is 0 Å². The predicted octanol–water partition coefficient (Wildman–Crippen LogP) is 2.98. The molecule has 110 valence electrons. The third kappa shape index (κ3) is 4.30. The van der Waals surface area contributed by atoms with Gasteiger partial charge in [0.05, 0.1) is 15.3 Å². The fourth-order valence-electron chi connectivity index (χ4n) is 1.55. The zero-order valence-corrected chi connectivity index (χ0v) is 13.6. The number of hydrazine groups is 1. The molecule has 0 fully saturated rings. The van der Waals surface area contributed by atoms with Crippen LogP contribution in [0.15, 0.2) is 40.2 Å². The van der Waals surface area contributed by atoms with Gasteiger partial charge in [-0.05, 0) is 59.3 Å². The minimum Gasteiger partial charge on any atom is -0.494 e. The summed E-state index contributed by atoms with van der Waals surface area (Å²) in [7, 11) is 0. The van der Waals surface area contributed by atoms with Gasteiger partial charge in [-0.1, -0.05) is 0 Å². The summed E-state index contributed by atoms with van der Waals surface area (Å²) < 4.78 is 6.15. The predicted molar refractivity (Wildman–Crippen MR) is 84.6 cm³/mol. The van der Waals surface area contributed by atoms with Crippen molar-refractivity contribution in [1.82, 2.24) is 10.9 Å². The van der Waals surface area contributed by atoms with Crippen LogP contribution in [-0.2, 0) is 0 Å². The van der Waals surface area contributed by atoms with Crippen LogP contribution in [-0.4, -0.2) is 18.4 Å². The Morgan fingerprint density at radius 2 is 1.76 bits per heavy atom. The smallest absolute Gasteiger partial charge is 0.279 e. The second-order valence-corrected chi connectivity index (χ2v) is 6.43. The number of hydrogen-bond donors (Lipinski definition) is 2. The number of halogens is 1. The molecule has 0 bridgehead atoms. The molecular weight excluding hydrogens is 356 g/mol. The van der Waals surface area contributed by atoms with Crippen LogP contribution in [0, 0.1) is 0 Å². The SMILES string of the molecule is CCOc1ccc(C(=O)NNC(=O)c2ccc(Br)s2)cc1. The third-order valence-electron chi connectivity index (χ3n) is 2.51. The van der Waals surface area contributed by atoms with E-state index in [4.69, 9.17) is 4.74 Å². The van der Waals surface area contributed by atoms with Crippen LogP contribution in [0.4, 0.5) is 0 Å². The molecule has 0 spiro atoms. The first-order chi connectivity index (χ1) is 10.1. The van der Waals surface area contributed by atoms with Crippen molar-refractivity contribution in [2.24, 2.45) is 0 Å². The number of ether oxygens (including phenoxy) is 1. The average molecular weight is 369 g/mol. The molecule has 0 radical (unpaired) electrons. The van der Waals surface area contributed by atoms with Gasteiger partial charge in [-0.3, -0.25) is 20.4 Å². The fraction of sp³-hybridized carbons (Fsp3) is 0.143. The zero-order chi connectivity index (χ0) is 15.2. The molecule has 1 heterocycles. The normalized spacial score (nSPS) is 10.0. The molecule has 0 atom stereocenters. The van der Waals surface area contributed by atoms with Crippen LogP contribution in [0.2, 0.25) is 0 Å². The summed E-state index contributed by atoms with van der Waals surface area (Å²) in [5.41, 5.74) is 5.18. The maximum atomic E-state index is 11.9. The molecule has 2 amide bonds. The van der Waals surface area contributed by atoms with Gasteiger partial charge in [0.15, 0.2) is 0 Å². The summed E-state index contributed by atoms with van der Waals surface area (Å²) in [6.45, 7) is 2.46. The van der Waals surface area contributed by atoms with Gasteiger partial charge in [0.25, 0.3) is 11.8 Å². The van der Waals surface area contributed by atoms with Crippen molar-refractivity contribution >= 4 is 39.1 Å². The van der Waals surface area contributed by atoms with Gasteiger partial charge in [0.1, 0.15) is 5.75 Å². The Bertz CT molecular complexity index is 640. The standard InChI is InChI=1S/C14H13BrN2O3S/c1-2-20-10-5-3-9(4-6-10)13(18)16-17-14(19)11-7-8-12(15)21-11/h3-8H,2H2,1H3,(H,16,18)(H,17,19). The lowest BCUT2D eigenvalue weighted by Crippen LogP contribution is -2.41. The minimum atomic E-state index is -0.387. The Hall–Kier alpha value is -1.86. The maximum Gasteiger partial charge on any atom is 0.279 e. The largest absolute Gasteiger partial charge is 0.494 e. The van der Waals surface area contributed by atoms with E-state index in [1.807, 2.05) is 6.92 Å². The second kappa shape index (κ2) is 7.24. The molecule has 0 aliphatic heterocycles. The Kier molecular flexibility index (Phi) is 5.35. The number of rotatable bonds is 4. The van der Waals surface area contributed by atoms with E-state index in [0.717, 1.165) is 3.79 Å². The molecular formula is C14H13BrN2O3S. The summed E-state index contributed by atoms with van der Waals surface area (Å²) in [4.78, 5) is 24.2. The van der Waals surface area contributed by atoms with Crippen molar-refractivity contribution in [3.8, 4) is 5.75 Å². The van der Waals surface area contributed by atoms with Crippen molar-refractivity contribution in [2.75, 3.05) is 6.61 Å². The van der Waals surface area contributed by atoms with Crippen LogP contribution in [0.1, 0.15) is 27.0 Å². The van der Waals surface area contributed by atoms with Gasteiger partial charge in [-0.2, -0.15) is 0 Å². The van der Waals surface area contributed by atoms with Crippen LogP contribution >= 0.6 is 27.3 Å². The second-order valence-electron chi connectivity index (χ2n) is 3.97. The van der Waals surface area contributed by atoms with E-state index in [1.54, 1.807) is 36.4 Å². The summed E-state index contributed by atoms with van der Waals surface area (Å²) in [5, 5.41) is 0. The Morgan fingerprint density at radius 1 is 1.10 bits per heavy atom. The van der Waals surface area contributed by atoms with E-state index in [0.29, 0.717) is 22.8 Å². The molecule has 0 unspecified atom stereocenters. The molecule has 21 heavy (non-hydrogen) atoms. The highest BCUT2D eigenvalue weighted by Gasteiger charge is 2.10. The van der Waals surface area contributed by atoms with Crippen molar-refractivity contribution in [3.63, 3.8) is 0 Å². The molecule has 2 aromatic rings.